The van der Waals surface area contributed by atoms with Gasteiger partial charge in [0.25, 0.3) is 11.4 Å². The molecule has 2 bridgehead atoms. The predicted octanol–water partition coefficient (Wildman–Crippen LogP) is 4.68. The number of unbranched alkanes of at least 4 members (excludes halogenated alkanes) is 2. The molecule has 1 N–H and O–H groups in total. The van der Waals surface area contributed by atoms with Gasteiger partial charge in [-0.05, 0) is 77.4 Å². The average molecular weight is 776 g/mol. The number of ether oxygens (including phenoxy) is 1. The van der Waals surface area contributed by atoms with E-state index in [2.05, 4.69) is 10.3 Å². The van der Waals surface area contributed by atoms with E-state index in [0.717, 1.165) is 20.7 Å². The van der Waals surface area contributed by atoms with E-state index in [4.69, 9.17) is 4.74 Å². The lowest BCUT2D eigenvalue weighted by molar-refractivity contribution is -0.388. The fourth-order valence-corrected chi connectivity index (χ4v) is 8.93. The molecule has 0 radical (unpaired) electrons. The highest BCUT2D eigenvalue weighted by Crippen LogP contribution is 2.29. The number of nitrogens with one attached hydrogen (secondary N) is 1. The second-order valence-corrected chi connectivity index (χ2v) is 17.2. The lowest BCUT2D eigenvalue weighted by Gasteiger charge is -2.28. The number of benzene rings is 2. The maximum absolute atomic E-state index is 14.1. The summed E-state index contributed by atoms with van der Waals surface area (Å²) in [5.41, 5.74) is -1.19. The van der Waals surface area contributed by atoms with Gasteiger partial charge in [0.1, 0.15) is 5.60 Å². The molecule has 1 aliphatic heterocycles. The van der Waals surface area contributed by atoms with E-state index in [0.29, 0.717) is 38.9 Å². The average Bonchev–Trinajstić information content (AvgIpc) is 3.10. The first-order chi connectivity index (χ1) is 25.0. The van der Waals surface area contributed by atoms with Crippen molar-refractivity contribution in [3.8, 4) is 0 Å². The van der Waals surface area contributed by atoms with Gasteiger partial charge < -0.3 is 15.0 Å². The number of para-hydroxylation sites is 2. The maximum atomic E-state index is 14.1. The zero-order chi connectivity index (χ0) is 38.8. The topological polar surface area (TPSA) is 216 Å². The largest absolute Gasteiger partial charge is 0.444 e. The summed E-state index contributed by atoms with van der Waals surface area (Å²) >= 11 is 0. The highest BCUT2D eigenvalue weighted by atomic mass is 32.2. The molecular weight excluding hydrogens is 731 g/mol. The molecule has 0 fully saturated rings. The summed E-state index contributed by atoms with van der Waals surface area (Å²) in [5.74, 6) is 0. The van der Waals surface area contributed by atoms with Crippen molar-refractivity contribution in [1.82, 2.24) is 23.8 Å². The number of pyridine rings is 1. The summed E-state index contributed by atoms with van der Waals surface area (Å²) in [6.07, 6.45) is 1.79. The van der Waals surface area contributed by atoms with Crippen molar-refractivity contribution in [2.24, 2.45) is 0 Å². The number of sulfonamides is 2. The quantitative estimate of drug-likeness (QED) is 0.151. The summed E-state index contributed by atoms with van der Waals surface area (Å²) in [6, 6.07) is 15.0. The number of aromatic nitrogens is 1. The van der Waals surface area contributed by atoms with Crippen LogP contribution in [0.25, 0.3) is 0 Å². The Morgan fingerprint density at radius 3 is 1.81 bits per heavy atom. The van der Waals surface area contributed by atoms with Crippen molar-refractivity contribution >= 4 is 37.5 Å². The van der Waals surface area contributed by atoms with Crippen molar-refractivity contribution < 1.29 is 36.2 Å². The van der Waals surface area contributed by atoms with E-state index >= 15 is 0 Å². The number of nitro groups is 2. The van der Waals surface area contributed by atoms with Crippen molar-refractivity contribution in [2.75, 3.05) is 39.3 Å². The zero-order valence-corrected chi connectivity index (χ0v) is 31.6. The third-order valence-electron chi connectivity index (χ3n) is 8.27. The van der Waals surface area contributed by atoms with Crippen LogP contribution in [0.5, 0.6) is 0 Å². The minimum atomic E-state index is -4.42. The summed E-state index contributed by atoms with van der Waals surface area (Å²) in [5, 5.41) is 26.4. The Labute approximate surface area is 309 Å². The second-order valence-electron chi connectivity index (χ2n) is 13.4. The third kappa shape index (κ3) is 11.5. The lowest BCUT2D eigenvalue weighted by Crippen LogP contribution is -2.40. The SMILES string of the molecule is CC(C)(C)OC(=O)NCCCCCN1CCCN(S(=O)(=O)c2ccccc2[N+](=O)[O-])Cc2cccc(n2)CN(S(=O)(=O)c2ccccc2[N+](=O)[O-])CC1. The lowest BCUT2D eigenvalue weighted by atomic mass is 10.2. The van der Waals surface area contributed by atoms with Gasteiger partial charge in [0.2, 0.25) is 20.0 Å². The molecule has 0 unspecified atom stereocenters. The fraction of sp³-hybridized carbons (Fsp3) is 0.471. The van der Waals surface area contributed by atoms with Crippen LogP contribution in [0.4, 0.5) is 16.2 Å². The van der Waals surface area contributed by atoms with Crippen molar-refractivity contribution in [3.05, 3.63) is 98.3 Å². The van der Waals surface area contributed by atoms with E-state index < -0.39 is 62.8 Å². The number of alkyl carbamates (subject to hydrolysis) is 1. The Hall–Kier alpha value is -4.56. The standard InChI is InChI=1S/C34H45N7O10S2/c1-34(2,3)51-33(42)35-19-9-4-10-20-37-21-12-22-38(52(47,48)31-17-7-5-15-29(31)40(43)44)25-27-13-11-14-28(36-27)26-39(24-23-37)53(49,50)32-18-8-6-16-30(32)41(45)46/h5-8,11,13-18H,4,9-10,12,19-26H2,1-3H3,(H,35,42). The molecule has 3 aromatic rings. The summed E-state index contributed by atoms with van der Waals surface area (Å²) in [6.45, 7) is 6.15. The number of hydrogen-bond acceptors (Lipinski definition) is 12. The van der Waals surface area contributed by atoms with E-state index in [1.165, 1.54) is 36.4 Å². The van der Waals surface area contributed by atoms with E-state index in [1.807, 2.05) is 4.90 Å². The number of fused-ring (bicyclic) bond motifs is 2. The molecule has 0 spiro atoms. The Kier molecular flexibility index (Phi) is 14.0. The van der Waals surface area contributed by atoms with Gasteiger partial charge in [-0.25, -0.2) is 21.6 Å². The minimum Gasteiger partial charge on any atom is -0.444 e. The Balaban J connectivity index is 1.63. The highest BCUT2D eigenvalue weighted by Gasteiger charge is 2.34. The van der Waals surface area contributed by atoms with E-state index in [-0.39, 0.29) is 50.5 Å². The van der Waals surface area contributed by atoms with Gasteiger partial charge in [-0.15, -0.1) is 0 Å². The van der Waals surface area contributed by atoms with Gasteiger partial charge in [-0.2, -0.15) is 8.61 Å². The van der Waals surface area contributed by atoms with E-state index in [1.54, 1.807) is 39.0 Å². The Morgan fingerprint density at radius 2 is 1.28 bits per heavy atom. The number of amides is 1. The molecule has 1 amide bonds. The Bertz CT molecular complexity index is 1990. The van der Waals surface area contributed by atoms with Crippen LogP contribution < -0.4 is 5.32 Å². The maximum Gasteiger partial charge on any atom is 0.407 e. The monoisotopic (exact) mass is 775 g/mol. The Morgan fingerprint density at radius 1 is 0.755 bits per heavy atom. The van der Waals surface area contributed by atoms with Crippen LogP contribution in [-0.4, -0.2) is 96.1 Å². The van der Waals surface area contributed by atoms with Crippen LogP contribution in [-0.2, 0) is 37.9 Å². The van der Waals surface area contributed by atoms with Gasteiger partial charge >= 0.3 is 6.09 Å². The fourth-order valence-electron chi connectivity index (χ4n) is 5.77. The smallest absolute Gasteiger partial charge is 0.407 e. The van der Waals surface area contributed by atoms with Gasteiger partial charge in [-0.3, -0.25) is 25.2 Å². The number of nitrogens with zero attached hydrogens (tertiary/aromatic N) is 6. The third-order valence-corrected chi connectivity index (χ3v) is 12.1. The van der Waals surface area contributed by atoms with Crippen LogP contribution in [0.15, 0.2) is 76.5 Å². The normalized spacial score (nSPS) is 15.8. The molecule has 0 atom stereocenters. The molecule has 0 saturated heterocycles. The summed E-state index contributed by atoms with van der Waals surface area (Å²) < 4.78 is 63.7. The number of nitro benzene ring substituents is 2. The molecule has 0 saturated carbocycles. The van der Waals surface area contributed by atoms with Crippen molar-refractivity contribution in [3.63, 3.8) is 0 Å². The van der Waals surface area contributed by atoms with Crippen LogP contribution in [0, 0.1) is 20.2 Å². The first-order valence-corrected chi connectivity index (χ1v) is 20.0. The van der Waals surface area contributed by atoms with Gasteiger partial charge in [-0.1, -0.05) is 36.8 Å². The molecule has 1 aliphatic rings. The van der Waals surface area contributed by atoms with Gasteiger partial charge in [0, 0.05) is 38.3 Å². The van der Waals surface area contributed by atoms with Crippen LogP contribution >= 0.6 is 0 Å². The molecule has 53 heavy (non-hydrogen) atoms. The van der Waals surface area contributed by atoms with Crippen molar-refractivity contribution in [2.45, 2.75) is 74.9 Å². The predicted molar refractivity (Wildman–Crippen MR) is 195 cm³/mol. The van der Waals surface area contributed by atoms with E-state index in [9.17, 15) is 41.9 Å². The summed E-state index contributed by atoms with van der Waals surface area (Å²) in [4.78, 5) is 39.8. The molecule has 17 nitrogen and oxygen atoms in total. The van der Waals surface area contributed by atoms with Crippen LogP contribution in [0.3, 0.4) is 0 Å². The molecule has 2 aromatic carbocycles. The molecule has 19 heteroatoms. The second kappa shape index (κ2) is 18.0. The number of carbonyl (C=O) groups is 1. The molecule has 2 heterocycles. The van der Waals surface area contributed by atoms with Crippen LogP contribution in [0.2, 0.25) is 0 Å². The molecule has 288 valence electrons. The number of rotatable bonds is 12. The first-order valence-electron chi connectivity index (χ1n) is 17.1. The van der Waals surface area contributed by atoms with Gasteiger partial charge in [0.05, 0.1) is 34.3 Å². The molecule has 4 rings (SSSR count). The number of carbonyl (C=O) groups excluding carboxylic acids is 1. The minimum absolute atomic E-state index is 0.0190. The zero-order valence-electron chi connectivity index (χ0n) is 29.9. The van der Waals surface area contributed by atoms with Gasteiger partial charge in [0.15, 0.2) is 9.79 Å². The van der Waals surface area contributed by atoms with Crippen LogP contribution in [0.1, 0.15) is 57.8 Å². The highest BCUT2D eigenvalue weighted by molar-refractivity contribution is 7.89. The summed E-state index contributed by atoms with van der Waals surface area (Å²) in [7, 11) is -8.82. The van der Waals surface area contributed by atoms with Crippen molar-refractivity contribution in [1.29, 1.82) is 0 Å². The molecule has 1 aromatic heterocycles. The first kappa shape index (κ1) is 41.2. The molecular formula is C34H45N7O10S2. The number of hydrogen-bond donors (Lipinski definition) is 1. The molecule has 0 aliphatic carbocycles.